The van der Waals surface area contributed by atoms with Gasteiger partial charge in [-0.1, -0.05) is 32.0 Å². The zero-order chi connectivity index (χ0) is 14.9. The summed E-state index contributed by atoms with van der Waals surface area (Å²) in [7, 11) is -1.92. The zero-order valence-electron chi connectivity index (χ0n) is 12.1. The van der Waals surface area contributed by atoms with Gasteiger partial charge in [-0.05, 0) is 24.0 Å². The molecular formula is C14H19N3O2S. The molecule has 0 saturated carbocycles. The fraction of sp³-hybridized carbons (Fsp3) is 0.357. The van der Waals surface area contributed by atoms with Gasteiger partial charge in [0.15, 0.2) is 0 Å². The van der Waals surface area contributed by atoms with Crippen molar-refractivity contribution in [2.75, 3.05) is 4.72 Å². The van der Waals surface area contributed by atoms with Crippen LogP contribution in [0.1, 0.15) is 30.9 Å². The Balaban J connectivity index is 2.44. The van der Waals surface area contributed by atoms with E-state index in [9.17, 15) is 8.42 Å². The Bertz CT molecular complexity index is 718. The molecule has 6 heteroatoms. The Kier molecular flexibility index (Phi) is 3.85. The molecule has 0 saturated heterocycles. The van der Waals surface area contributed by atoms with Gasteiger partial charge in [-0.25, -0.2) is 8.42 Å². The lowest BCUT2D eigenvalue weighted by Gasteiger charge is -2.16. The number of nitrogens with one attached hydrogen (secondary N) is 1. The second kappa shape index (κ2) is 5.28. The van der Waals surface area contributed by atoms with Crippen molar-refractivity contribution in [3.63, 3.8) is 0 Å². The predicted molar refractivity (Wildman–Crippen MR) is 79.3 cm³/mol. The predicted octanol–water partition coefficient (Wildman–Crippen LogP) is 2.65. The maximum atomic E-state index is 12.4. The summed E-state index contributed by atoms with van der Waals surface area (Å²) >= 11 is 0. The molecule has 0 atom stereocenters. The SMILES string of the molecule is Cc1cccc(C(C)C)c1NS(=O)(=O)c1cnn(C)c1. The number of para-hydroxylation sites is 1. The summed E-state index contributed by atoms with van der Waals surface area (Å²) in [5.41, 5.74) is 2.55. The van der Waals surface area contributed by atoms with Crippen LogP contribution >= 0.6 is 0 Å². The van der Waals surface area contributed by atoms with E-state index in [1.807, 2.05) is 39.0 Å². The van der Waals surface area contributed by atoms with Crippen LogP contribution in [-0.4, -0.2) is 18.2 Å². The molecule has 0 aliphatic carbocycles. The van der Waals surface area contributed by atoms with Crippen LogP contribution in [0.2, 0.25) is 0 Å². The molecule has 1 heterocycles. The molecule has 1 N–H and O–H groups in total. The van der Waals surface area contributed by atoms with Crippen molar-refractivity contribution in [3.8, 4) is 0 Å². The molecule has 1 aromatic heterocycles. The van der Waals surface area contributed by atoms with Crippen LogP contribution in [0.3, 0.4) is 0 Å². The normalized spacial score (nSPS) is 11.8. The summed E-state index contributed by atoms with van der Waals surface area (Å²) in [5, 5.41) is 3.90. The molecular weight excluding hydrogens is 274 g/mol. The highest BCUT2D eigenvalue weighted by atomic mass is 32.2. The third kappa shape index (κ3) is 2.85. The van der Waals surface area contributed by atoms with Crippen molar-refractivity contribution in [2.24, 2.45) is 7.05 Å². The first kappa shape index (κ1) is 14.6. The highest BCUT2D eigenvalue weighted by molar-refractivity contribution is 7.92. The van der Waals surface area contributed by atoms with E-state index < -0.39 is 10.0 Å². The summed E-state index contributed by atoms with van der Waals surface area (Å²) in [5.74, 6) is 0.237. The molecule has 0 radical (unpaired) electrons. The van der Waals surface area contributed by atoms with Crippen LogP contribution in [0.15, 0.2) is 35.5 Å². The van der Waals surface area contributed by atoms with Gasteiger partial charge in [0.2, 0.25) is 0 Å². The van der Waals surface area contributed by atoms with E-state index >= 15 is 0 Å². The number of sulfonamides is 1. The van der Waals surface area contributed by atoms with Crippen LogP contribution in [0.5, 0.6) is 0 Å². The molecule has 0 aliphatic heterocycles. The highest BCUT2D eigenvalue weighted by Gasteiger charge is 2.19. The minimum atomic E-state index is -3.60. The molecule has 0 bridgehead atoms. The molecule has 108 valence electrons. The van der Waals surface area contributed by atoms with Gasteiger partial charge < -0.3 is 0 Å². The van der Waals surface area contributed by atoms with Crippen LogP contribution in [0, 0.1) is 6.92 Å². The Morgan fingerprint density at radius 3 is 2.55 bits per heavy atom. The average Bonchev–Trinajstić information content (AvgIpc) is 2.79. The quantitative estimate of drug-likeness (QED) is 0.942. The van der Waals surface area contributed by atoms with Crippen LogP contribution in [-0.2, 0) is 17.1 Å². The van der Waals surface area contributed by atoms with E-state index in [-0.39, 0.29) is 10.8 Å². The van der Waals surface area contributed by atoms with Crippen molar-refractivity contribution in [3.05, 3.63) is 41.7 Å². The van der Waals surface area contributed by atoms with Gasteiger partial charge >= 0.3 is 0 Å². The number of hydrogen-bond donors (Lipinski definition) is 1. The Hall–Kier alpha value is -1.82. The summed E-state index contributed by atoms with van der Waals surface area (Å²) in [6.07, 6.45) is 2.82. The Morgan fingerprint density at radius 1 is 1.30 bits per heavy atom. The first-order valence-electron chi connectivity index (χ1n) is 6.42. The maximum Gasteiger partial charge on any atom is 0.265 e. The molecule has 0 unspecified atom stereocenters. The lowest BCUT2D eigenvalue weighted by Crippen LogP contribution is -2.15. The molecule has 0 aliphatic rings. The van der Waals surface area contributed by atoms with E-state index in [1.54, 1.807) is 7.05 Å². The van der Waals surface area contributed by atoms with E-state index in [2.05, 4.69) is 9.82 Å². The van der Waals surface area contributed by atoms with E-state index in [4.69, 9.17) is 0 Å². The maximum absolute atomic E-state index is 12.4. The van der Waals surface area contributed by atoms with Gasteiger partial charge in [0.05, 0.1) is 11.9 Å². The highest BCUT2D eigenvalue weighted by Crippen LogP contribution is 2.29. The van der Waals surface area contributed by atoms with Gasteiger partial charge in [0.25, 0.3) is 10.0 Å². The molecule has 0 spiro atoms. The third-order valence-corrected chi connectivity index (χ3v) is 4.46. The number of aromatic nitrogens is 2. The molecule has 2 aromatic rings. The minimum Gasteiger partial charge on any atom is -0.279 e. The van der Waals surface area contributed by atoms with Crippen LogP contribution < -0.4 is 4.72 Å². The first-order valence-corrected chi connectivity index (χ1v) is 7.90. The first-order chi connectivity index (χ1) is 9.31. The van der Waals surface area contributed by atoms with Gasteiger partial charge in [0.1, 0.15) is 4.90 Å². The molecule has 5 nitrogen and oxygen atoms in total. The van der Waals surface area contributed by atoms with Crippen molar-refractivity contribution < 1.29 is 8.42 Å². The minimum absolute atomic E-state index is 0.165. The topological polar surface area (TPSA) is 64.0 Å². The van der Waals surface area contributed by atoms with Crippen LogP contribution in [0.25, 0.3) is 0 Å². The summed E-state index contributed by atoms with van der Waals surface area (Å²) in [4.78, 5) is 0.165. The van der Waals surface area contributed by atoms with Crippen molar-refractivity contribution in [1.82, 2.24) is 9.78 Å². The van der Waals surface area contributed by atoms with Gasteiger partial charge in [-0.2, -0.15) is 5.10 Å². The third-order valence-electron chi connectivity index (χ3n) is 3.15. The second-order valence-corrected chi connectivity index (χ2v) is 6.83. The number of aryl methyl sites for hydroxylation is 2. The lowest BCUT2D eigenvalue weighted by molar-refractivity contribution is 0.601. The van der Waals surface area contributed by atoms with Gasteiger partial charge in [-0.15, -0.1) is 0 Å². The van der Waals surface area contributed by atoms with Crippen molar-refractivity contribution in [1.29, 1.82) is 0 Å². The number of nitrogens with zero attached hydrogens (tertiary/aromatic N) is 2. The van der Waals surface area contributed by atoms with E-state index in [0.29, 0.717) is 5.69 Å². The zero-order valence-corrected chi connectivity index (χ0v) is 12.9. The fourth-order valence-electron chi connectivity index (χ4n) is 2.04. The molecule has 0 fully saturated rings. The average molecular weight is 293 g/mol. The monoisotopic (exact) mass is 293 g/mol. The molecule has 0 amide bonds. The molecule has 20 heavy (non-hydrogen) atoms. The van der Waals surface area contributed by atoms with Crippen LogP contribution in [0.4, 0.5) is 5.69 Å². The second-order valence-electron chi connectivity index (χ2n) is 5.15. The summed E-state index contributed by atoms with van der Waals surface area (Å²) in [6, 6.07) is 5.78. The van der Waals surface area contributed by atoms with E-state index in [1.165, 1.54) is 17.1 Å². The van der Waals surface area contributed by atoms with Gasteiger partial charge in [0, 0.05) is 13.2 Å². The molecule has 2 rings (SSSR count). The Labute approximate surface area is 119 Å². The smallest absolute Gasteiger partial charge is 0.265 e. The van der Waals surface area contributed by atoms with Crippen molar-refractivity contribution in [2.45, 2.75) is 31.6 Å². The lowest BCUT2D eigenvalue weighted by atomic mass is 9.99. The number of rotatable bonds is 4. The fourth-order valence-corrected chi connectivity index (χ4v) is 3.18. The summed E-state index contributed by atoms with van der Waals surface area (Å²) in [6.45, 7) is 5.97. The summed E-state index contributed by atoms with van der Waals surface area (Å²) < 4.78 is 28.9. The van der Waals surface area contributed by atoms with Gasteiger partial charge in [-0.3, -0.25) is 9.40 Å². The number of hydrogen-bond acceptors (Lipinski definition) is 3. The number of benzene rings is 1. The standard InChI is InChI=1S/C14H19N3O2S/c1-10(2)13-7-5-6-11(3)14(13)16-20(18,19)12-8-15-17(4)9-12/h5-10,16H,1-4H3. The van der Waals surface area contributed by atoms with E-state index in [0.717, 1.165) is 11.1 Å². The largest absolute Gasteiger partial charge is 0.279 e. The molecule has 1 aromatic carbocycles. The van der Waals surface area contributed by atoms with Crippen molar-refractivity contribution >= 4 is 15.7 Å². The number of anilines is 1. The Morgan fingerprint density at radius 2 is 2.00 bits per heavy atom.